The lowest BCUT2D eigenvalue weighted by Crippen LogP contribution is -3.05. The SMILES string of the molecule is C[NH+](C)CCCNC(=O)CCN1c2ccccc2Sc2ccccc21. The summed E-state index contributed by atoms with van der Waals surface area (Å²) >= 11 is 1.80. The van der Waals surface area contributed by atoms with Gasteiger partial charge < -0.3 is 15.1 Å². The van der Waals surface area contributed by atoms with Crippen LogP contribution in [-0.2, 0) is 4.79 Å². The van der Waals surface area contributed by atoms with E-state index in [-0.39, 0.29) is 5.91 Å². The van der Waals surface area contributed by atoms with Crippen molar-refractivity contribution in [2.75, 3.05) is 38.6 Å². The molecule has 5 heteroatoms. The van der Waals surface area contributed by atoms with Crippen molar-refractivity contribution >= 4 is 29.0 Å². The lowest BCUT2D eigenvalue weighted by atomic mass is 10.2. The Bertz CT molecular complexity index is 687. The lowest BCUT2D eigenvalue weighted by Gasteiger charge is -2.32. The second kappa shape index (κ2) is 8.41. The van der Waals surface area contributed by atoms with Gasteiger partial charge in [-0.25, -0.2) is 0 Å². The maximum absolute atomic E-state index is 12.2. The monoisotopic (exact) mass is 356 g/mol. The van der Waals surface area contributed by atoms with Crippen molar-refractivity contribution < 1.29 is 9.69 Å². The Kier molecular flexibility index (Phi) is 6.00. The highest BCUT2D eigenvalue weighted by Gasteiger charge is 2.22. The van der Waals surface area contributed by atoms with E-state index in [1.54, 1.807) is 11.8 Å². The second-order valence-electron chi connectivity index (χ2n) is 6.60. The number of rotatable bonds is 7. The average Bonchev–Trinajstić information content (AvgIpc) is 2.62. The molecule has 0 radical (unpaired) electrons. The third kappa shape index (κ3) is 4.55. The fourth-order valence-electron chi connectivity index (χ4n) is 2.99. The molecule has 0 fully saturated rings. The molecule has 2 aromatic carbocycles. The molecule has 0 saturated carbocycles. The first-order valence-corrected chi connectivity index (χ1v) is 9.66. The summed E-state index contributed by atoms with van der Waals surface area (Å²) in [5, 5.41) is 3.04. The number of carbonyl (C=O) groups is 1. The number of anilines is 2. The number of hydrogen-bond donors (Lipinski definition) is 2. The average molecular weight is 357 g/mol. The number of amides is 1. The third-order valence-electron chi connectivity index (χ3n) is 4.27. The molecule has 1 heterocycles. The number of carbonyl (C=O) groups excluding carboxylic acids is 1. The van der Waals surface area contributed by atoms with Crippen molar-refractivity contribution in [1.29, 1.82) is 0 Å². The zero-order valence-corrected chi connectivity index (χ0v) is 15.7. The van der Waals surface area contributed by atoms with Crippen LogP contribution in [0.1, 0.15) is 12.8 Å². The highest BCUT2D eigenvalue weighted by molar-refractivity contribution is 7.99. The molecule has 2 aromatic rings. The first-order valence-electron chi connectivity index (χ1n) is 8.84. The second-order valence-corrected chi connectivity index (χ2v) is 7.68. The third-order valence-corrected chi connectivity index (χ3v) is 5.40. The zero-order chi connectivity index (χ0) is 17.6. The van der Waals surface area contributed by atoms with E-state index in [4.69, 9.17) is 0 Å². The van der Waals surface area contributed by atoms with Crippen LogP contribution in [0.4, 0.5) is 11.4 Å². The van der Waals surface area contributed by atoms with Crippen LogP contribution in [0.15, 0.2) is 58.3 Å². The minimum atomic E-state index is 0.127. The molecule has 1 aliphatic heterocycles. The van der Waals surface area contributed by atoms with Crippen molar-refractivity contribution in [3.8, 4) is 0 Å². The summed E-state index contributed by atoms with van der Waals surface area (Å²) in [6.07, 6.45) is 1.52. The van der Waals surface area contributed by atoms with Crippen LogP contribution >= 0.6 is 11.8 Å². The van der Waals surface area contributed by atoms with Gasteiger partial charge in [0.1, 0.15) is 0 Å². The Morgan fingerprint density at radius 2 is 1.64 bits per heavy atom. The largest absolute Gasteiger partial charge is 0.356 e. The topological polar surface area (TPSA) is 36.8 Å². The summed E-state index contributed by atoms with van der Waals surface area (Å²) < 4.78 is 0. The summed E-state index contributed by atoms with van der Waals surface area (Å²) in [7, 11) is 4.26. The fraction of sp³-hybridized carbons (Fsp3) is 0.350. The van der Waals surface area contributed by atoms with Gasteiger partial charge in [-0.15, -0.1) is 0 Å². The maximum atomic E-state index is 12.2. The number of hydrogen-bond acceptors (Lipinski definition) is 3. The predicted molar refractivity (Wildman–Crippen MR) is 104 cm³/mol. The van der Waals surface area contributed by atoms with E-state index >= 15 is 0 Å². The minimum absolute atomic E-state index is 0.127. The van der Waals surface area contributed by atoms with E-state index in [1.807, 2.05) is 0 Å². The first kappa shape index (κ1) is 17.8. The molecule has 0 saturated heterocycles. The van der Waals surface area contributed by atoms with Gasteiger partial charge in [0.15, 0.2) is 0 Å². The van der Waals surface area contributed by atoms with Gasteiger partial charge in [0.2, 0.25) is 5.91 Å². The summed E-state index contributed by atoms with van der Waals surface area (Å²) in [5.41, 5.74) is 2.38. The lowest BCUT2D eigenvalue weighted by molar-refractivity contribution is -0.858. The molecule has 2 N–H and O–H groups in total. The van der Waals surface area contributed by atoms with Crippen LogP contribution in [-0.4, -0.2) is 39.6 Å². The molecule has 0 unspecified atom stereocenters. The van der Waals surface area contributed by atoms with E-state index in [9.17, 15) is 4.79 Å². The van der Waals surface area contributed by atoms with Crippen molar-refractivity contribution in [3.63, 3.8) is 0 Å². The Morgan fingerprint density at radius 3 is 2.24 bits per heavy atom. The van der Waals surface area contributed by atoms with Gasteiger partial charge in [0, 0.05) is 35.7 Å². The number of para-hydroxylation sites is 2. The van der Waals surface area contributed by atoms with E-state index < -0.39 is 0 Å². The molecule has 0 bridgehead atoms. The number of nitrogens with zero attached hydrogens (tertiary/aromatic N) is 1. The Labute approximate surface area is 154 Å². The molecule has 1 amide bonds. The molecule has 0 aromatic heterocycles. The molecule has 0 spiro atoms. The van der Waals surface area contributed by atoms with E-state index in [2.05, 4.69) is 72.8 Å². The van der Waals surface area contributed by atoms with Gasteiger partial charge in [-0.3, -0.25) is 4.79 Å². The van der Waals surface area contributed by atoms with Gasteiger partial charge >= 0.3 is 0 Å². The number of quaternary nitrogens is 1. The highest BCUT2D eigenvalue weighted by atomic mass is 32.2. The molecule has 0 aliphatic carbocycles. The van der Waals surface area contributed by atoms with E-state index in [0.29, 0.717) is 13.0 Å². The number of nitrogens with one attached hydrogen (secondary N) is 2. The van der Waals surface area contributed by atoms with E-state index in [0.717, 1.165) is 19.5 Å². The summed E-state index contributed by atoms with van der Waals surface area (Å²) in [6.45, 7) is 2.52. The van der Waals surface area contributed by atoms with Gasteiger partial charge in [-0.1, -0.05) is 36.0 Å². The standard InChI is InChI=1S/C20H25N3OS/c1-22(2)14-7-13-21-20(24)12-15-23-16-8-3-5-10-18(16)25-19-11-6-4-9-17(19)23/h3-6,8-11H,7,12-15H2,1-2H3,(H,21,24)/p+1. The molecule has 4 nitrogen and oxygen atoms in total. The van der Waals surface area contributed by atoms with Crippen molar-refractivity contribution in [2.45, 2.75) is 22.6 Å². The van der Waals surface area contributed by atoms with Crippen LogP contribution in [0.5, 0.6) is 0 Å². The fourth-order valence-corrected chi connectivity index (χ4v) is 4.09. The van der Waals surface area contributed by atoms with Crippen molar-refractivity contribution in [1.82, 2.24) is 5.32 Å². The van der Waals surface area contributed by atoms with E-state index in [1.165, 1.54) is 26.1 Å². The summed E-state index contributed by atoms with van der Waals surface area (Å²) in [5.74, 6) is 0.127. The van der Waals surface area contributed by atoms with Crippen LogP contribution in [0.2, 0.25) is 0 Å². The maximum Gasteiger partial charge on any atom is 0.221 e. The number of fused-ring (bicyclic) bond motifs is 2. The van der Waals surface area contributed by atoms with Crippen LogP contribution in [0, 0.1) is 0 Å². The minimum Gasteiger partial charge on any atom is -0.356 e. The van der Waals surface area contributed by atoms with Crippen LogP contribution in [0.3, 0.4) is 0 Å². The van der Waals surface area contributed by atoms with Gasteiger partial charge in [0.05, 0.1) is 32.0 Å². The number of benzene rings is 2. The summed E-state index contributed by atoms with van der Waals surface area (Å²) in [6, 6.07) is 16.8. The Balaban J connectivity index is 1.63. The molecular formula is C20H26N3OS+. The first-order chi connectivity index (χ1) is 12.1. The van der Waals surface area contributed by atoms with Gasteiger partial charge in [-0.05, 0) is 24.3 Å². The van der Waals surface area contributed by atoms with Crippen LogP contribution < -0.4 is 15.1 Å². The highest BCUT2D eigenvalue weighted by Crippen LogP contribution is 2.47. The molecule has 25 heavy (non-hydrogen) atoms. The summed E-state index contributed by atoms with van der Waals surface area (Å²) in [4.78, 5) is 18.4. The molecule has 132 valence electrons. The normalized spacial score (nSPS) is 12.7. The van der Waals surface area contributed by atoms with Crippen molar-refractivity contribution in [2.24, 2.45) is 0 Å². The zero-order valence-electron chi connectivity index (χ0n) is 14.9. The predicted octanol–water partition coefficient (Wildman–Crippen LogP) is 2.33. The Hall–Kier alpha value is -1.98. The molecule has 3 rings (SSSR count). The molecule has 1 aliphatic rings. The van der Waals surface area contributed by atoms with Gasteiger partial charge in [-0.2, -0.15) is 0 Å². The van der Waals surface area contributed by atoms with Crippen LogP contribution in [0.25, 0.3) is 0 Å². The molecular weight excluding hydrogens is 330 g/mol. The molecule has 0 atom stereocenters. The van der Waals surface area contributed by atoms with Crippen molar-refractivity contribution in [3.05, 3.63) is 48.5 Å². The quantitative estimate of drug-likeness (QED) is 0.748. The smallest absolute Gasteiger partial charge is 0.221 e. The Morgan fingerprint density at radius 1 is 1.04 bits per heavy atom. The van der Waals surface area contributed by atoms with Gasteiger partial charge in [0.25, 0.3) is 0 Å².